The molecule has 0 N–H and O–H groups in total. The average Bonchev–Trinajstić information content (AvgIpc) is 2.15. The fourth-order valence-electron chi connectivity index (χ4n) is 0.900. The fraction of sp³-hybridized carbons (Fsp3) is 0.111. The van der Waals surface area contributed by atoms with Crippen molar-refractivity contribution in [1.82, 2.24) is 0 Å². The molecule has 0 aliphatic carbocycles. The molecule has 0 fully saturated rings. The van der Waals surface area contributed by atoms with E-state index < -0.39 is 28.8 Å². The summed E-state index contributed by atoms with van der Waals surface area (Å²) in [5.74, 6) is -5.58. The highest BCUT2D eigenvalue weighted by atomic mass is 79.9. The molecule has 0 heterocycles. The second-order valence-corrected chi connectivity index (χ2v) is 3.09. The molecule has 0 aliphatic rings. The number of alkyl halides is 1. The topological polar surface area (TPSA) is 0 Å². The van der Waals surface area contributed by atoms with Crippen LogP contribution in [0.4, 0.5) is 17.6 Å². The second-order valence-electron chi connectivity index (χ2n) is 2.44. The SMILES string of the molecule is Fc1cc(F)c(F)c(C=CCBr)c1F. The van der Waals surface area contributed by atoms with Gasteiger partial charge < -0.3 is 0 Å². The summed E-state index contributed by atoms with van der Waals surface area (Å²) in [7, 11) is 0. The van der Waals surface area contributed by atoms with E-state index in [4.69, 9.17) is 0 Å². The quantitative estimate of drug-likeness (QED) is 0.436. The molecule has 0 amide bonds. The minimum Gasteiger partial charge on any atom is -0.204 e. The van der Waals surface area contributed by atoms with E-state index in [1.165, 1.54) is 6.08 Å². The summed E-state index contributed by atoms with van der Waals surface area (Å²) in [6.45, 7) is 0. The maximum absolute atomic E-state index is 12.9. The van der Waals surface area contributed by atoms with Crippen LogP contribution in [0.1, 0.15) is 5.56 Å². The zero-order valence-electron chi connectivity index (χ0n) is 6.83. The lowest BCUT2D eigenvalue weighted by molar-refractivity contribution is 0.451. The van der Waals surface area contributed by atoms with Crippen LogP contribution in [-0.4, -0.2) is 5.33 Å². The molecule has 0 spiro atoms. The third kappa shape index (κ3) is 2.15. The molecule has 0 saturated heterocycles. The Kier molecular flexibility index (Phi) is 3.69. The van der Waals surface area contributed by atoms with Crippen molar-refractivity contribution < 1.29 is 17.6 Å². The van der Waals surface area contributed by atoms with Crippen molar-refractivity contribution >= 4 is 22.0 Å². The molecular formula is C9H5BrF4. The Morgan fingerprint density at radius 1 is 1.07 bits per heavy atom. The minimum absolute atomic E-state index is 0.177. The van der Waals surface area contributed by atoms with Crippen molar-refractivity contribution in [1.29, 1.82) is 0 Å². The predicted molar refractivity (Wildman–Crippen MR) is 49.1 cm³/mol. The number of benzene rings is 1. The zero-order chi connectivity index (χ0) is 10.7. The van der Waals surface area contributed by atoms with E-state index in [2.05, 4.69) is 15.9 Å². The first kappa shape index (κ1) is 11.2. The smallest absolute Gasteiger partial charge is 0.169 e. The van der Waals surface area contributed by atoms with Gasteiger partial charge in [-0.25, -0.2) is 17.6 Å². The van der Waals surface area contributed by atoms with Crippen LogP contribution >= 0.6 is 15.9 Å². The molecular weight excluding hydrogens is 264 g/mol. The molecule has 1 aromatic rings. The Bertz CT molecular complexity index is 347. The van der Waals surface area contributed by atoms with E-state index in [-0.39, 0.29) is 6.07 Å². The Balaban J connectivity index is 3.32. The largest absolute Gasteiger partial charge is 0.204 e. The minimum atomic E-state index is -1.40. The van der Waals surface area contributed by atoms with Crippen LogP contribution < -0.4 is 0 Å². The van der Waals surface area contributed by atoms with Crippen molar-refractivity contribution in [3.8, 4) is 0 Å². The number of allylic oxidation sites excluding steroid dienone is 1. The molecule has 0 aliphatic heterocycles. The van der Waals surface area contributed by atoms with Gasteiger partial charge in [-0.15, -0.1) is 0 Å². The van der Waals surface area contributed by atoms with Gasteiger partial charge in [0.2, 0.25) is 0 Å². The van der Waals surface area contributed by atoms with Crippen LogP contribution in [0.3, 0.4) is 0 Å². The van der Waals surface area contributed by atoms with Crippen LogP contribution in [0, 0.1) is 23.3 Å². The van der Waals surface area contributed by atoms with Crippen molar-refractivity contribution in [2.24, 2.45) is 0 Å². The van der Waals surface area contributed by atoms with E-state index >= 15 is 0 Å². The number of rotatable bonds is 2. The highest BCUT2D eigenvalue weighted by Gasteiger charge is 2.16. The van der Waals surface area contributed by atoms with E-state index in [0.29, 0.717) is 5.33 Å². The zero-order valence-corrected chi connectivity index (χ0v) is 8.41. The summed E-state index contributed by atoms with van der Waals surface area (Å²) in [6.07, 6.45) is 2.31. The van der Waals surface area contributed by atoms with E-state index in [1.54, 1.807) is 0 Å². The van der Waals surface area contributed by atoms with Gasteiger partial charge in [-0.05, 0) is 0 Å². The van der Waals surface area contributed by atoms with E-state index in [0.717, 1.165) is 6.08 Å². The Hall–Kier alpha value is -0.840. The lowest BCUT2D eigenvalue weighted by Gasteiger charge is -2.01. The van der Waals surface area contributed by atoms with Crippen LogP contribution in [0.15, 0.2) is 12.1 Å². The molecule has 0 atom stereocenters. The van der Waals surface area contributed by atoms with Gasteiger partial charge in [-0.1, -0.05) is 28.1 Å². The molecule has 0 bridgehead atoms. The summed E-state index contributed by atoms with van der Waals surface area (Å²) in [5.41, 5.74) is -0.707. The van der Waals surface area contributed by atoms with Gasteiger partial charge in [0.25, 0.3) is 0 Å². The highest BCUT2D eigenvalue weighted by molar-refractivity contribution is 9.09. The van der Waals surface area contributed by atoms with Crippen LogP contribution in [-0.2, 0) is 0 Å². The maximum atomic E-state index is 12.9. The third-order valence-corrected chi connectivity index (χ3v) is 1.89. The normalized spacial score (nSPS) is 11.2. The molecule has 0 nitrogen and oxygen atoms in total. The highest BCUT2D eigenvalue weighted by Crippen LogP contribution is 2.20. The first-order valence-electron chi connectivity index (χ1n) is 3.63. The van der Waals surface area contributed by atoms with Gasteiger partial charge >= 0.3 is 0 Å². The van der Waals surface area contributed by atoms with Gasteiger partial charge in [0.1, 0.15) is 0 Å². The lowest BCUT2D eigenvalue weighted by Crippen LogP contribution is -1.97. The molecule has 0 unspecified atom stereocenters. The molecule has 5 heteroatoms. The standard InChI is InChI=1S/C9H5BrF4/c10-3-1-2-5-8(13)6(11)4-7(12)9(5)14/h1-2,4H,3H2. The number of hydrogen-bond donors (Lipinski definition) is 0. The third-order valence-electron chi connectivity index (χ3n) is 1.52. The summed E-state index contributed by atoms with van der Waals surface area (Å²) >= 11 is 2.97. The Morgan fingerprint density at radius 2 is 1.57 bits per heavy atom. The van der Waals surface area contributed by atoms with Crippen LogP contribution in [0.5, 0.6) is 0 Å². The summed E-state index contributed by atoms with van der Waals surface area (Å²) < 4.78 is 51.1. The maximum Gasteiger partial charge on any atom is 0.169 e. The first-order chi connectivity index (χ1) is 6.57. The first-order valence-corrected chi connectivity index (χ1v) is 4.75. The van der Waals surface area contributed by atoms with Crippen molar-refractivity contribution in [2.75, 3.05) is 5.33 Å². The summed E-state index contributed by atoms with van der Waals surface area (Å²) in [4.78, 5) is 0. The Morgan fingerprint density at radius 3 is 2.00 bits per heavy atom. The van der Waals surface area contributed by atoms with E-state index in [1.807, 2.05) is 0 Å². The molecule has 1 rings (SSSR count). The fourth-order valence-corrected chi connectivity index (χ4v) is 1.09. The average molecular weight is 269 g/mol. The molecule has 0 aromatic heterocycles. The van der Waals surface area contributed by atoms with Crippen molar-refractivity contribution in [3.05, 3.63) is 41.0 Å². The Labute approximate surface area is 86.4 Å². The molecule has 1 aromatic carbocycles. The molecule has 0 saturated carbocycles. The molecule has 0 radical (unpaired) electrons. The number of halogens is 5. The lowest BCUT2D eigenvalue weighted by atomic mass is 10.1. The van der Waals surface area contributed by atoms with Crippen molar-refractivity contribution in [3.63, 3.8) is 0 Å². The predicted octanol–water partition coefficient (Wildman–Crippen LogP) is 3.65. The van der Waals surface area contributed by atoms with Gasteiger partial charge in [-0.2, -0.15) is 0 Å². The van der Waals surface area contributed by atoms with Crippen molar-refractivity contribution in [2.45, 2.75) is 0 Å². The molecule has 14 heavy (non-hydrogen) atoms. The van der Waals surface area contributed by atoms with Crippen LogP contribution in [0.2, 0.25) is 0 Å². The van der Waals surface area contributed by atoms with Gasteiger partial charge in [-0.3, -0.25) is 0 Å². The number of hydrogen-bond acceptors (Lipinski definition) is 0. The van der Waals surface area contributed by atoms with Gasteiger partial charge in [0.15, 0.2) is 23.3 Å². The second kappa shape index (κ2) is 4.59. The van der Waals surface area contributed by atoms with Gasteiger partial charge in [0, 0.05) is 11.4 Å². The van der Waals surface area contributed by atoms with Gasteiger partial charge in [0.05, 0.1) is 5.56 Å². The molecule has 76 valence electrons. The summed E-state index contributed by atoms with van der Waals surface area (Å²) in [6, 6.07) is 0.177. The van der Waals surface area contributed by atoms with Crippen LogP contribution in [0.25, 0.3) is 6.08 Å². The summed E-state index contributed by atoms with van der Waals surface area (Å²) in [5, 5.41) is 0.337. The monoisotopic (exact) mass is 268 g/mol. The van der Waals surface area contributed by atoms with E-state index in [9.17, 15) is 17.6 Å².